The second-order valence-corrected chi connectivity index (χ2v) is 16.5. The highest BCUT2D eigenvalue weighted by Crippen LogP contribution is 2.48. The van der Waals surface area contributed by atoms with Crippen LogP contribution in [0.1, 0.15) is 24.5 Å². The number of allylic oxidation sites excluding steroid dienone is 1. The average Bonchev–Trinajstić information content (AvgIpc) is 2.92. The number of rotatable bonds is 3. The molecule has 0 N–H and O–H groups in total. The molecular formula is C34H33BN2SSi. The van der Waals surface area contributed by atoms with Crippen LogP contribution in [0.3, 0.4) is 0 Å². The third-order valence-corrected chi connectivity index (χ3v) is 12.8. The Balaban J connectivity index is 1.66. The number of hydrogen-bond acceptors (Lipinski definition) is 3. The molecule has 0 saturated heterocycles. The van der Waals surface area contributed by atoms with Gasteiger partial charge in [0.1, 0.15) is 8.07 Å². The molecule has 0 spiro atoms. The third kappa shape index (κ3) is 3.23. The summed E-state index contributed by atoms with van der Waals surface area (Å²) in [5.74, 6) is 0. The van der Waals surface area contributed by atoms with E-state index in [0.717, 1.165) is 17.0 Å². The lowest BCUT2D eigenvalue weighted by atomic mass is 9.32. The SMILES string of the molecule is C=C(S)C1=C(CC)B2c3cccc4c3N(c3ccccc3[Si]4(C)C)c3cc(C)cc(c32)N1c1ccccc1C. The van der Waals surface area contributed by atoms with Gasteiger partial charge in [-0.15, -0.1) is 12.6 Å². The quantitative estimate of drug-likeness (QED) is 0.230. The first-order valence-corrected chi connectivity index (χ1v) is 17.3. The fourth-order valence-corrected chi connectivity index (χ4v) is 10.6. The fraction of sp³-hybridized carbons (Fsp3) is 0.176. The van der Waals surface area contributed by atoms with Crippen molar-refractivity contribution in [3.05, 3.63) is 113 Å². The van der Waals surface area contributed by atoms with Crippen LogP contribution >= 0.6 is 12.6 Å². The third-order valence-electron chi connectivity index (χ3n) is 9.03. The summed E-state index contributed by atoms with van der Waals surface area (Å²) in [4.78, 5) is 5.84. The van der Waals surface area contributed by atoms with E-state index in [4.69, 9.17) is 12.6 Å². The molecule has 0 atom stereocenters. The molecule has 3 heterocycles. The zero-order valence-corrected chi connectivity index (χ0v) is 25.2. The Bertz CT molecular complexity index is 1750. The van der Waals surface area contributed by atoms with E-state index in [1.54, 1.807) is 0 Å². The Hall–Kier alpha value is -3.41. The lowest BCUT2D eigenvalue weighted by Crippen LogP contribution is -2.65. The Kier molecular flexibility index (Phi) is 5.39. The largest absolute Gasteiger partial charge is 0.312 e. The smallest absolute Gasteiger partial charge is 0.247 e. The summed E-state index contributed by atoms with van der Waals surface area (Å²) in [6.07, 6.45) is 0.926. The molecule has 0 fully saturated rings. The Morgan fingerprint density at radius 2 is 1.46 bits per heavy atom. The lowest BCUT2D eigenvalue weighted by Gasteiger charge is -2.49. The number of anilines is 5. The number of nitrogens with zero attached hydrogens (tertiary/aromatic N) is 2. The highest BCUT2D eigenvalue weighted by molar-refractivity contribution is 7.84. The van der Waals surface area contributed by atoms with Gasteiger partial charge in [-0.25, -0.2) is 0 Å². The number of hydrogen-bond donors (Lipinski definition) is 1. The van der Waals surface area contributed by atoms with Gasteiger partial charge in [-0.3, -0.25) is 0 Å². The van der Waals surface area contributed by atoms with Crippen LogP contribution < -0.4 is 31.1 Å². The molecule has 0 aliphatic carbocycles. The van der Waals surface area contributed by atoms with Gasteiger partial charge in [0.05, 0.1) is 5.70 Å². The van der Waals surface area contributed by atoms with Gasteiger partial charge in [-0.2, -0.15) is 0 Å². The summed E-state index contributed by atoms with van der Waals surface area (Å²) in [7, 11) is -1.91. The van der Waals surface area contributed by atoms with Crippen LogP contribution in [-0.2, 0) is 0 Å². The minimum Gasteiger partial charge on any atom is -0.312 e. The maximum Gasteiger partial charge on any atom is 0.247 e. The molecule has 4 aromatic carbocycles. The Morgan fingerprint density at radius 3 is 2.15 bits per heavy atom. The first-order chi connectivity index (χ1) is 18.8. The fourth-order valence-electron chi connectivity index (χ4n) is 7.36. The van der Waals surface area contributed by atoms with Crippen LogP contribution in [0.4, 0.5) is 28.4 Å². The summed E-state index contributed by atoms with van der Waals surface area (Å²) < 4.78 is 0. The van der Waals surface area contributed by atoms with Crippen molar-refractivity contribution in [1.82, 2.24) is 0 Å². The maximum atomic E-state index is 4.94. The number of benzene rings is 4. The highest BCUT2D eigenvalue weighted by atomic mass is 32.1. The molecule has 7 rings (SSSR count). The van der Waals surface area contributed by atoms with Crippen LogP contribution in [0.15, 0.2) is 102 Å². The lowest BCUT2D eigenvalue weighted by molar-refractivity contribution is 1.08. The number of para-hydroxylation sites is 3. The molecule has 39 heavy (non-hydrogen) atoms. The summed E-state index contributed by atoms with van der Waals surface area (Å²) in [5, 5.41) is 3.03. The van der Waals surface area contributed by atoms with E-state index < -0.39 is 8.07 Å². The maximum absolute atomic E-state index is 4.94. The molecule has 4 aromatic rings. The van der Waals surface area contributed by atoms with E-state index >= 15 is 0 Å². The average molecular weight is 541 g/mol. The van der Waals surface area contributed by atoms with E-state index in [2.05, 4.69) is 129 Å². The van der Waals surface area contributed by atoms with Gasteiger partial charge < -0.3 is 9.80 Å². The molecule has 3 aliphatic heterocycles. The Labute approximate surface area is 239 Å². The van der Waals surface area contributed by atoms with Crippen molar-refractivity contribution in [2.75, 3.05) is 9.80 Å². The molecule has 0 saturated carbocycles. The minimum atomic E-state index is -1.91. The van der Waals surface area contributed by atoms with Crippen molar-refractivity contribution >= 4 is 77.2 Å². The first-order valence-electron chi connectivity index (χ1n) is 13.9. The van der Waals surface area contributed by atoms with E-state index in [1.807, 2.05) is 0 Å². The van der Waals surface area contributed by atoms with Crippen LogP contribution in [0, 0.1) is 13.8 Å². The summed E-state index contributed by atoms with van der Waals surface area (Å²) in [6, 6.07) is 29.6. The van der Waals surface area contributed by atoms with E-state index in [9.17, 15) is 0 Å². The number of aryl methyl sites for hydroxylation is 2. The van der Waals surface area contributed by atoms with Gasteiger partial charge in [-0.05, 0) is 77.0 Å². The van der Waals surface area contributed by atoms with E-state index in [1.165, 1.54) is 66.3 Å². The number of thiol groups is 1. The van der Waals surface area contributed by atoms with Gasteiger partial charge in [0.2, 0.25) is 6.71 Å². The van der Waals surface area contributed by atoms with Crippen molar-refractivity contribution < 1.29 is 0 Å². The van der Waals surface area contributed by atoms with Crippen LogP contribution in [0.25, 0.3) is 0 Å². The molecule has 0 bridgehead atoms. The zero-order valence-electron chi connectivity index (χ0n) is 23.3. The molecule has 5 heteroatoms. The first kappa shape index (κ1) is 24.6. The van der Waals surface area contributed by atoms with Crippen molar-refractivity contribution in [2.45, 2.75) is 40.3 Å². The van der Waals surface area contributed by atoms with Crippen LogP contribution in [0.2, 0.25) is 13.1 Å². The molecule has 192 valence electrons. The van der Waals surface area contributed by atoms with E-state index in [-0.39, 0.29) is 6.71 Å². The topological polar surface area (TPSA) is 6.48 Å². The minimum absolute atomic E-state index is 0.168. The van der Waals surface area contributed by atoms with Gasteiger partial charge in [-0.1, -0.05) is 86.7 Å². The second kappa shape index (κ2) is 8.54. The normalized spacial score (nSPS) is 16.1. The standard InChI is InChI=1S/C34H33BN2SSi/c1-7-24-33(23(4)38)36(26-15-9-8-13-22(26)3)28-19-21(2)20-29-32(28)35(24)25-14-12-18-31-34(25)37(29)27-16-10-11-17-30(27)39(31,5)6/h8-20,38H,4,7H2,1-3,5-6H3. The number of fused-ring (bicyclic) bond motifs is 4. The molecule has 2 nitrogen and oxygen atoms in total. The van der Waals surface area contributed by atoms with Crippen LogP contribution in [-0.4, -0.2) is 14.8 Å². The van der Waals surface area contributed by atoms with E-state index in [0.29, 0.717) is 0 Å². The Morgan fingerprint density at radius 1 is 0.821 bits per heavy atom. The molecule has 0 amide bonds. The van der Waals surface area contributed by atoms with Crippen molar-refractivity contribution in [1.29, 1.82) is 0 Å². The van der Waals surface area contributed by atoms with Crippen molar-refractivity contribution in [3.8, 4) is 0 Å². The van der Waals surface area contributed by atoms with Gasteiger partial charge in [0.15, 0.2) is 0 Å². The van der Waals surface area contributed by atoms with Crippen LogP contribution in [0.5, 0.6) is 0 Å². The molecule has 0 radical (unpaired) electrons. The zero-order chi connectivity index (χ0) is 27.2. The second-order valence-electron chi connectivity index (χ2n) is 11.7. The summed E-state index contributed by atoms with van der Waals surface area (Å²) in [6.45, 7) is 16.3. The van der Waals surface area contributed by atoms with Gasteiger partial charge >= 0.3 is 0 Å². The predicted molar refractivity (Wildman–Crippen MR) is 176 cm³/mol. The molecule has 0 unspecified atom stereocenters. The molecule has 0 aromatic heterocycles. The predicted octanol–water partition coefficient (Wildman–Crippen LogP) is 6.63. The van der Waals surface area contributed by atoms with Crippen molar-refractivity contribution in [2.24, 2.45) is 0 Å². The molecular weight excluding hydrogens is 507 g/mol. The summed E-state index contributed by atoms with van der Waals surface area (Å²) >= 11 is 4.94. The summed E-state index contributed by atoms with van der Waals surface area (Å²) in [5.41, 5.74) is 14.3. The van der Waals surface area contributed by atoms with Gasteiger partial charge in [0, 0.05) is 33.3 Å². The van der Waals surface area contributed by atoms with Gasteiger partial charge in [0.25, 0.3) is 0 Å². The molecule has 3 aliphatic rings. The van der Waals surface area contributed by atoms with Crippen molar-refractivity contribution in [3.63, 3.8) is 0 Å². The highest BCUT2D eigenvalue weighted by Gasteiger charge is 2.49. The monoisotopic (exact) mass is 540 g/mol.